The molecular formula is C42H73O11P. The van der Waals surface area contributed by atoms with Crippen LogP contribution in [0.2, 0.25) is 0 Å². The van der Waals surface area contributed by atoms with Crippen molar-refractivity contribution in [2.24, 2.45) is 0 Å². The summed E-state index contributed by atoms with van der Waals surface area (Å²) in [5.41, 5.74) is 0. The van der Waals surface area contributed by atoms with Gasteiger partial charge in [-0.3, -0.25) is 23.4 Å². The van der Waals surface area contributed by atoms with E-state index in [1.807, 2.05) is 6.08 Å². The lowest BCUT2D eigenvalue weighted by molar-refractivity contribution is -0.161. The van der Waals surface area contributed by atoms with Gasteiger partial charge < -0.3 is 24.6 Å². The van der Waals surface area contributed by atoms with Crippen LogP contribution in [0.4, 0.5) is 0 Å². The molecule has 0 aromatic heterocycles. The highest BCUT2D eigenvalue weighted by molar-refractivity contribution is 7.47. The lowest BCUT2D eigenvalue weighted by Crippen LogP contribution is -2.29. The van der Waals surface area contributed by atoms with Gasteiger partial charge in [0.05, 0.1) is 19.8 Å². The summed E-state index contributed by atoms with van der Waals surface area (Å²) in [4.78, 5) is 46.9. The molecule has 0 amide bonds. The highest BCUT2D eigenvalue weighted by atomic mass is 31.2. The monoisotopic (exact) mass is 784 g/mol. The molecule has 11 nitrogen and oxygen atoms in total. The van der Waals surface area contributed by atoms with E-state index in [-0.39, 0.29) is 25.2 Å². The van der Waals surface area contributed by atoms with E-state index < -0.39 is 51.8 Å². The van der Waals surface area contributed by atoms with Gasteiger partial charge in [-0.15, -0.1) is 0 Å². The van der Waals surface area contributed by atoms with Crippen LogP contribution in [-0.2, 0) is 37.5 Å². The first kappa shape index (κ1) is 51.6. The molecule has 0 bridgehead atoms. The number of aliphatic hydroxyl groups excluding tert-OH is 2. The summed E-state index contributed by atoms with van der Waals surface area (Å²) in [6, 6.07) is 0. The molecule has 0 heterocycles. The van der Waals surface area contributed by atoms with Crippen molar-refractivity contribution >= 4 is 25.5 Å². The maximum atomic E-state index is 12.6. The summed E-state index contributed by atoms with van der Waals surface area (Å²) < 4.78 is 32.6. The Balaban J connectivity index is 4.45. The van der Waals surface area contributed by atoms with E-state index >= 15 is 0 Å². The van der Waals surface area contributed by atoms with Crippen LogP contribution in [0.1, 0.15) is 162 Å². The number of ketones is 1. The second-order valence-corrected chi connectivity index (χ2v) is 15.1. The van der Waals surface area contributed by atoms with Crippen molar-refractivity contribution in [3.05, 3.63) is 48.6 Å². The number of carbonyl (C=O) groups excluding carboxylic acids is 3. The van der Waals surface area contributed by atoms with Crippen LogP contribution in [-0.4, -0.2) is 71.5 Å². The van der Waals surface area contributed by atoms with E-state index in [2.05, 4.69) is 48.8 Å². The average molecular weight is 785 g/mol. The molecule has 1 unspecified atom stereocenters. The molecule has 0 saturated carbocycles. The normalized spacial score (nSPS) is 14.3. The van der Waals surface area contributed by atoms with Crippen LogP contribution in [0, 0.1) is 0 Å². The van der Waals surface area contributed by atoms with Gasteiger partial charge >= 0.3 is 19.8 Å². The Morgan fingerprint density at radius 1 is 0.611 bits per heavy atom. The number of carbonyl (C=O) groups is 3. The van der Waals surface area contributed by atoms with Crippen LogP contribution in [0.25, 0.3) is 0 Å². The number of ether oxygens (including phenoxy) is 2. The molecule has 0 aromatic rings. The fraction of sp³-hybridized carbons (Fsp3) is 0.738. The Morgan fingerprint density at radius 3 is 1.74 bits per heavy atom. The van der Waals surface area contributed by atoms with E-state index in [1.165, 1.54) is 38.5 Å². The molecule has 0 aliphatic heterocycles. The van der Waals surface area contributed by atoms with Crippen LogP contribution in [0.5, 0.6) is 0 Å². The number of allylic oxidation sites excluding steroid dienone is 8. The van der Waals surface area contributed by atoms with Crippen LogP contribution in [0.15, 0.2) is 48.6 Å². The summed E-state index contributed by atoms with van der Waals surface area (Å²) in [5.74, 6) is -0.932. The molecule has 0 aliphatic carbocycles. The Labute approximate surface area is 326 Å². The van der Waals surface area contributed by atoms with E-state index in [0.717, 1.165) is 77.0 Å². The maximum absolute atomic E-state index is 12.6. The first-order valence-corrected chi connectivity index (χ1v) is 22.0. The van der Waals surface area contributed by atoms with Crippen molar-refractivity contribution in [2.45, 2.75) is 174 Å². The minimum absolute atomic E-state index is 0.105. The maximum Gasteiger partial charge on any atom is 0.472 e. The zero-order chi connectivity index (χ0) is 40.0. The van der Waals surface area contributed by atoms with Gasteiger partial charge in [0.2, 0.25) is 0 Å². The SMILES string of the molecule is CCCCC/C=C\C=C\C(=O)CCCCCCCC(=O)OC[C@H](COP(=O)(O)OC[C@@H](O)CO)OC(=O)CCCCCCC/C=C\C/C=C\CCCCC. The molecule has 3 N–H and O–H groups in total. The molecule has 0 radical (unpaired) electrons. The number of phosphoric ester groups is 1. The van der Waals surface area contributed by atoms with Gasteiger partial charge in [-0.2, -0.15) is 0 Å². The van der Waals surface area contributed by atoms with Crippen molar-refractivity contribution in [3.63, 3.8) is 0 Å². The predicted octanol–water partition coefficient (Wildman–Crippen LogP) is 9.73. The molecule has 312 valence electrons. The summed E-state index contributed by atoms with van der Waals surface area (Å²) in [6.45, 7) is 2.13. The molecular weight excluding hydrogens is 711 g/mol. The zero-order valence-electron chi connectivity index (χ0n) is 33.4. The number of rotatable bonds is 38. The van der Waals surface area contributed by atoms with E-state index in [4.69, 9.17) is 19.1 Å². The van der Waals surface area contributed by atoms with Crippen molar-refractivity contribution in [3.8, 4) is 0 Å². The van der Waals surface area contributed by atoms with Crippen molar-refractivity contribution in [2.75, 3.05) is 26.4 Å². The third-order valence-corrected chi connectivity index (χ3v) is 9.38. The average Bonchev–Trinajstić information content (AvgIpc) is 3.15. The van der Waals surface area contributed by atoms with Crippen LogP contribution >= 0.6 is 7.82 Å². The van der Waals surface area contributed by atoms with Crippen molar-refractivity contribution in [1.29, 1.82) is 0 Å². The zero-order valence-corrected chi connectivity index (χ0v) is 34.3. The second kappa shape index (κ2) is 37.5. The van der Waals surface area contributed by atoms with Gasteiger partial charge in [0.15, 0.2) is 11.9 Å². The largest absolute Gasteiger partial charge is 0.472 e. The van der Waals surface area contributed by atoms with Gasteiger partial charge in [-0.25, -0.2) is 4.57 Å². The molecule has 0 aliphatic rings. The predicted molar refractivity (Wildman–Crippen MR) is 215 cm³/mol. The summed E-state index contributed by atoms with van der Waals surface area (Å²) in [7, 11) is -4.65. The fourth-order valence-electron chi connectivity index (χ4n) is 5.18. The minimum atomic E-state index is -4.65. The number of esters is 2. The Kier molecular flexibility index (Phi) is 35.9. The van der Waals surface area contributed by atoms with E-state index in [9.17, 15) is 28.9 Å². The van der Waals surface area contributed by atoms with Crippen LogP contribution in [0.3, 0.4) is 0 Å². The number of unbranched alkanes of at least 4 members (excludes halogenated alkanes) is 15. The molecule has 0 fully saturated rings. The second-order valence-electron chi connectivity index (χ2n) is 13.7. The first-order chi connectivity index (χ1) is 26.1. The topological polar surface area (TPSA) is 166 Å². The molecule has 12 heteroatoms. The van der Waals surface area contributed by atoms with Gasteiger partial charge in [-0.1, -0.05) is 121 Å². The summed E-state index contributed by atoms with van der Waals surface area (Å²) in [6.07, 6.45) is 34.7. The number of hydrogen-bond acceptors (Lipinski definition) is 10. The lowest BCUT2D eigenvalue weighted by atomic mass is 10.1. The number of phosphoric acid groups is 1. The third-order valence-electron chi connectivity index (χ3n) is 8.43. The van der Waals surface area contributed by atoms with Gasteiger partial charge in [-0.05, 0) is 70.3 Å². The quantitative estimate of drug-likeness (QED) is 0.0136. The minimum Gasteiger partial charge on any atom is -0.462 e. The first-order valence-electron chi connectivity index (χ1n) is 20.5. The third kappa shape index (κ3) is 36.6. The number of hydrogen-bond donors (Lipinski definition) is 3. The number of aliphatic hydroxyl groups is 2. The molecule has 0 aromatic carbocycles. The molecule has 3 atom stereocenters. The Hall–Kier alpha value is -2.40. The van der Waals surface area contributed by atoms with Gasteiger partial charge in [0.25, 0.3) is 0 Å². The molecule has 0 spiro atoms. The highest BCUT2D eigenvalue weighted by Crippen LogP contribution is 2.43. The van der Waals surface area contributed by atoms with Crippen molar-refractivity contribution in [1.82, 2.24) is 0 Å². The Morgan fingerprint density at radius 2 is 1.13 bits per heavy atom. The van der Waals surface area contributed by atoms with E-state index in [1.54, 1.807) is 12.2 Å². The summed E-state index contributed by atoms with van der Waals surface area (Å²) >= 11 is 0. The Bertz CT molecular complexity index is 1100. The standard InChI is InChI=1S/C42H73O11P/c1-3-5-7-9-11-12-13-14-15-16-17-18-20-24-29-33-42(47)53-40(37-52-54(48,49)51-35-39(45)34-43)36-50-41(46)32-28-25-21-23-27-31-38(44)30-26-22-19-10-8-6-4-2/h11-12,14-15,19,22,26,30,39-40,43,45H,3-10,13,16-18,20-21,23-25,27-29,31-37H2,1-2H3,(H,48,49)/b12-11-,15-14-,22-19-,30-26+/t39-,40+/m0/s1. The lowest BCUT2D eigenvalue weighted by Gasteiger charge is -2.20. The summed E-state index contributed by atoms with van der Waals surface area (Å²) in [5, 5.41) is 18.3. The van der Waals surface area contributed by atoms with Crippen molar-refractivity contribution < 1.29 is 52.6 Å². The smallest absolute Gasteiger partial charge is 0.462 e. The molecule has 0 saturated heterocycles. The molecule has 0 rings (SSSR count). The fourth-order valence-corrected chi connectivity index (χ4v) is 5.97. The van der Waals surface area contributed by atoms with Gasteiger partial charge in [0, 0.05) is 19.3 Å². The van der Waals surface area contributed by atoms with E-state index in [0.29, 0.717) is 19.3 Å². The van der Waals surface area contributed by atoms with Crippen LogP contribution < -0.4 is 0 Å². The molecule has 54 heavy (non-hydrogen) atoms. The van der Waals surface area contributed by atoms with Gasteiger partial charge in [0.1, 0.15) is 12.7 Å². The highest BCUT2D eigenvalue weighted by Gasteiger charge is 2.27.